The van der Waals surface area contributed by atoms with E-state index in [-0.39, 0.29) is 5.84 Å². The molecule has 3 aromatic carbocycles. The number of anilines is 2. The Bertz CT molecular complexity index is 1390. The summed E-state index contributed by atoms with van der Waals surface area (Å²) in [7, 11) is 0. The van der Waals surface area contributed by atoms with Gasteiger partial charge in [-0.25, -0.2) is 0 Å². The third-order valence-electron chi connectivity index (χ3n) is 5.70. The predicted molar refractivity (Wildman–Crippen MR) is 122 cm³/mol. The van der Waals surface area contributed by atoms with E-state index in [0.717, 1.165) is 11.3 Å². The summed E-state index contributed by atoms with van der Waals surface area (Å²) in [5, 5.41) is 23.2. The number of nitrogens with one attached hydrogen (secondary N) is 2. The Balaban J connectivity index is 1.62. The number of hydrogen-bond acceptors (Lipinski definition) is 5. The molecular weight excluding hydrogens is 424 g/mol. The summed E-state index contributed by atoms with van der Waals surface area (Å²) >= 11 is 6.30. The van der Waals surface area contributed by atoms with Crippen LogP contribution in [0.1, 0.15) is 11.5 Å². The normalized spacial score (nSPS) is 20.6. The lowest BCUT2D eigenvalue weighted by molar-refractivity contribution is 0.430. The van der Waals surface area contributed by atoms with Crippen molar-refractivity contribution in [1.82, 2.24) is 0 Å². The molecule has 1 unspecified atom stereocenters. The number of nitrogens with zero attached hydrogens (tertiary/aromatic N) is 2. The Morgan fingerprint density at radius 1 is 0.969 bits per heavy atom. The summed E-state index contributed by atoms with van der Waals surface area (Å²) in [5.74, 6) is 1.59. The molecule has 0 saturated carbocycles. The summed E-state index contributed by atoms with van der Waals surface area (Å²) < 4.78 is 12.2. The second kappa shape index (κ2) is 6.91. The van der Waals surface area contributed by atoms with Crippen molar-refractivity contribution < 1.29 is 9.47 Å². The highest BCUT2D eigenvalue weighted by molar-refractivity contribution is 6.30. The van der Waals surface area contributed by atoms with Gasteiger partial charge in [0.15, 0.2) is 11.5 Å². The third-order valence-corrected chi connectivity index (χ3v) is 5.93. The van der Waals surface area contributed by atoms with Crippen LogP contribution in [0.15, 0.2) is 95.7 Å². The van der Waals surface area contributed by atoms with Gasteiger partial charge >= 0.3 is 0 Å². The predicted octanol–water partition coefficient (Wildman–Crippen LogP) is 5.76. The Morgan fingerprint density at radius 3 is 2.53 bits per heavy atom. The zero-order valence-corrected chi connectivity index (χ0v) is 17.4. The Hall–Kier alpha value is -4.21. The summed E-state index contributed by atoms with van der Waals surface area (Å²) in [6.07, 6.45) is 0. The van der Waals surface area contributed by atoms with E-state index in [2.05, 4.69) is 11.4 Å². The SMILES string of the molecule is N#CC1=C2Oc3ccccc3N2C(=N)/C(=C2\Nc3ccccc3O2)C1c1cccc(Cl)c1. The molecule has 2 N–H and O–H groups in total. The molecule has 0 fully saturated rings. The van der Waals surface area contributed by atoms with Crippen LogP contribution < -0.4 is 19.7 Å². The number of benzene rings is 3. The summed E-state index contributed by atoms with van der Waals surface area (Å²) in [6.45, 7) is 0. The van der Waals surface area contributed by atoms with E-state index in [4.69, 9.17) is 26.5 Å². The molecule has 0 aliphatic carbocycles. The van der Waals surface area contributed by atoms with Crippen LogP contribution in [0.25, 0.3) is 0 Å². The van der Waals surface area contributed by atoms with Gasteiger partial charge in [-0.05, 0) is 42.0 Å². The number of allylic oxidation sites excluding steroid dienone is 1. The van der Waals surface area contributed by atoms with Crippen molar-refractivity contribution in [3.8, 4) is 17.6 Å². The van der Waals surface area contributed by atoms with Crippen molar-refractivity contribution in [1.29, 1.82) is 10.7 Å². The minimum absolute atomic E-state index is 0.171. The van der Waals surface area contributed by atoms with Gasteiger partial charge in [-0.15, -0.1) is 0 Å². The second-order valence-electron chi connectivity index (χ2n) is 7.54. The van der Waals surface area contributed by atoms with Gasteiger partial charge in [-0.2, -0.15) is 5.26 Å². The van der Waals surface area contributed by atoms with Crippen molar-refractivity contribution in [3.63, 3.8) is 0 Å². The monoisotopic (exact) mass is 438 g/mol. The van der Waals surface area contributed by atoms with Gasteiger partial charge in [-0.1, -0.05) is 48.0 Å². The lowest BCUT2D eigenvalue weighted by Gasteiger charge is -2.33. The number of amidine groups is 1. The fourth-order valence-electron chi connectivity index (χ4n) is 4.32. The number of ether oxygens (including phenoxy) is 2. The van der Waals surface area contributed by atoms with Crippen LogP contribution in [0, 0.1) is 16.7 Å². The van der Waals surface area contributed by atoms with Gasteiger partial charge in [0.25, 0.3) is 0 Å². The van der Waals surface area contributed by atoms with Crippen molar-refractivity contribution in [2.24, 2.45) is 0 Å². The molecule has 3 heterocycles. The molecule has 0 radical (unpaired) electrons. The van der Waals surface area contributed by atoms with Gasteiger partial charge in [0.1, 0.15) is 17.5 Å². The first-order valence-electron chi connectivity index (χ1n) is 9.99. The summed E-state index contributed by atoms with van der Waals surface area (Å²) in [6, 6.07) is 24.6. The molecule has 3 aromatic rings. The van der Waals surface area contributed by atoms with Crippen LogP contribution in [0.4, 0.5) is 11.4 Å². The summed E-state index contributed by atoms with van der Waals surface area (Å²) in [4.78, 5) is 1.66. The Kier molecular flexibility index (Phi) is 4.00. The van der Waals surface area contributed by atoms with E-state index in [9.17, 15) is 5.26 Å². The Labute approximate surface area is 189 Å². The maximum atomic E-state index is 10.2. The molecule has 0 saturated heterocycles. The van der Waals surface area contributed by atoms with Crippen molar-refractivity contribution >= 4 is 28.8 Å². The summed E-state index contributed by atoms with van der Waals surface area (Å²) in [5.41, 5.74) is 3.19. The quantitative estimate of drug-likeness (QED) is 0.504. The molecule has 7 heteroatoms. The van der Waals surface area contributed by atoms with E-state index in [1.54, 1.807) is 17.0 Å². The van der Waals surface area contributed by atoms with Crippen LogP contribution in [0.2, 0.25) is 5.02 Å². The maximum Gasteiger partial charge on any atom is 0.221 e. The smallest absolute Gasteiger partial charge is 0.221 e. The number of fused-ring (bicyclic) bond motifs is 4. The number of nitriles is 1. The molecule has 6 rings (SSSR count). The van der Waals surface area contributed by atoms with Crippen LogP contribution in [0.5, 0.6) is 11.5 Å². The molecule has 3 aliphatic heterocycles. The van der Waals surface area contributed by atoms with E-state index < -0.39 is 5.92 Å². The largest absolute Gasteiger partial charge is 0.438 e. The van der Waals surface area contributed by atoms with E-state index >= 15 is 0 Å². The van der Waals surface area contributed by atoms with Crippen molar-refractivity contribution in [2.75, 3.05) is 10.2 Å². The minimum atomic E-state index is -0.594. The van der Waals surface area contributed by atoms with Crippen LogP contribution >= 0.6 is 11.6 Å². The molecule has 0 aromatic heterocycles. The number of halogens is 1. The highest BCUT2D eigenvalue weighted by Gasteiger charge is 2.46. The fraction of sp³-hybridized carbons (Fsp3) is 0.0400. The average Bonchev–Trinajstić information content (AvgIpc) is 3.40. The van der Waals surface area contributed by atoms with Crippen LogP contribution in [-0.2, 0) is 0 Å². The molecule has 0 spiro atoms. The first-order chi connectivity index (χ1) is 15.7. The molecule has 154 valence electrons. The maximum absolute atomic E-state index is 10.2. The van der Waals surface area contributed by atoms with Gasteiger partial charge in [-0.3, -0.25) is 10.3 Å². The van der Waals surface area contributed by atoms with E-state index in [1.165, 1.54) is 0 Å². The number of rotatable bonds is 1. The van der Waals surface area contributed by atoms with E-state index in [0.29, 0.717) is 45.1 Å². The van der Waals surface area contributed by atoms with Gasteiger partial charge < -0.3 is 14.8 Å². The van der Waals surface area contributed by atoms with Gasteiger partial charge in [0.05, 0.1) is 22.9 Å². The highest BCUT2D eigenvalue weighted by atomic mass is 35.5. The van der Waals surface area contributed by atoms with Gasteiger partial charge in [0, 0.05) is 5.02 Å². The zero-order valence-electron chi connectivity index (χ0n) is 16.6. The first-order valence-corrected chi connectivity index (χ1v) is 10.4. The number of para-hydroxylation sites is 4. The van der Waals surface area contributed by atoms with Crippen molar-refractivity contribution in [2.45, 2.75) is 5.92 Å². The highest BCUT2D eigenvalue weighted by Crippen LogP contribution is 2.50. The molecule has 1 atom stereocenters. The number of hydrogen-bond donors (Lipinski definition) is 2. The molecule has 0 bridgehead atoms. The van der Waals surface area contributed by atoms with E-state index in [1.807, 2.05) is 60.7 Å². The first kappa shape index (κ1) is 18.6. The topological polar surface area (TPSA) is 81.4 Å². The minimum Gasteiger partial charge on any atom is -0.438 e. The lowest BCUT2D eigenvalue weighted by Crippen LogP contribution is -2.39. The fourth-order valence-corrected chi connectivity index (χ4v) is 4.52. The molecule has 32 heavy (non-hydrogen) atoms. The van der Waals surface area contributed by atoms with Gasteiger partial charge in [0.2, 0.25) is 11.8 Å². The zero-order chi connectivity index (χ0) is 21.8. The third kappa shape index (κ3) is 2.62. The molecule has 3 aliphatic rings. The van der Waals surface area contributed by atoms with Crippen molar-refractivity contribution in [3.05, 3.63) is 106 Å². The lowest BCUT2D eigenvalue weighted by atomic mass is 9.81. The average molecular weight is 439 g/mol. The molecule has 0 amide bonds. The van der Waals surface area contributed by atoms with Crippen LogP contribution in [0.3, 0.4) is 0 Å². The van der Waals surface area contributed by atoms with Crippen LogP contribution in [-0.4, -0.2) is 5.84 Å². The second-order valence-corrected chi connectivity index (χ2v) is 7.97. The standard InChI is InChI=1S/C25H15ClN4O2/c26-15-7-5-6-14(12-15)21-16(13-27)25-30(18-9-2-4-11-20(18)32-25)23(28)22(21)24-29-17-8-1-3-10-19(17)31-24/h1-12,21,28-29H/b24-22+,28-23?. The molecular formula is C25H15ClN4O2. The molecule has 6 nitrogen and oxygen atoms in total. The Morgan fingerprint density at radius 2 is 1.75 bits per heavy atom.